The number of rotatable bonds is 8. The summed E-state index contributed by atoms with van der Waals surface area (Å²) in [5.74, 6) is 0.156. The third kappa shape index (κ3) is 9.30. The molecule has 0 aromatic heterocycles. The van der Waals surface area contributed by atoms with Gasteiger partial charge in [0.1, 0.15) is 0 Å². The molecule has 3 N–H and O–H groups in total. The lowest BCUT2D eigenvalue weighted by Crippen LogP contribution is -2.33. The molecule has 0 aliphatic carbocycles. The van der Waals surface area contributed by atoms with Crippen molar-refractivity contribution >= 4 is 11.9 Å². The molecular formula is C11H23N3O2. The number of esters is 1. The molecule has 0 heterocycles. The van der Waals surface area contributed by atoms with E-state index in [1.807, 2.05) is 0 Å². The van der Waals surface area contributed by atoms with E-state index in [1.165, 1.54) is 26.4 Å². The first-order chi connectivity index (χ1) is 7.70. The normalized spacial score (nSPS) is 11.2. The van der Waals surface area contributed by atoms with E-state index in [2.05, 4.69) is 22.0 Å². The van der Waals surface area contributed by atoms with Gasteiger partial charge in [0.15, 0.2) is 5.96 Å². The SMILES string of the molecule is CCCCCCN=C(N)NCCC(=O)OC. The van der Waals surface area contributed by atoms with Gasteiger partial charge >= 0.3 is 5.97 Å². The highest BCUT2D eigenvalue weighted by Crippen LogP contribution is 1.98. The summed E-state index contributed by atoms with van der Waals surface area (Å²) in [5.41, 5.74) is 5.60. The Bertz CT molecular complexity index is 217. The predicted octanol–water partition coefficient (Wildman–Crippen LogP) is 1.03. The second-order valence-corrected chi connectivity index (χ2v) is 3.58. The lowest BCUT2D eigenvalue weighted by atomic mass is 10.2. The van der Waals surface area contributed by atoms with E-state index >= 15 is 0 Å². The van der Waals surface area contributed by atoms with Crippen molar-refractivity contribution in [2.45, 2.75) is 39.0 Å². The molecule has 94 valence electrons. The summed E-state index contributed by atoms with van der Waals surface area (Å²) in [4.78, 5) is 14.9. The summed E-state index contributed by atoms with van der Waals surface area (Å²) in [5, 5.41) is 2.87. The molecule has 0 radical (unpaired) electrons. The van der Waals surface area contributed by atoms with Crippen LogP contribution in [0.3, 0.4) is 0 Å². The van der Waals surface area contributed by atoms with Crippen molar-refractivity contribution in [1.29, 1.82) is 0 Å². The first kappa shape index (κ1) is 14.7. The zero-order valence-electron chi connectivity index (χ0n) is 10.3. The Kier molecular flexibility index (Phi) is 9.46. The highest BCUT2D eigenvalue weighted by Gasteiger charge is 1.99. The largest absolute Gasteiger partial charge is 0.469 e. The molecule has 0 fully saturated rings. The van der Waals surface area contributed by atoms with Gasteiger partial charge in [-0.1, -0.05) is 26.2 Å². The number of nitrogens with one attached hydrogen (secondary N) is 1. The van der Waals surface area contributed by atoms with Crippen LogP contribution in [0.5, 0.6) is 0 Å². The lowest BCUT2D eigenvalue weighted by Gasteiger charge is -2.04. The van der Waals surface area contributed by atoms with Crippen LogP contribution in [0.25, 0.3) is 0 Å². The maximum atomic E-state index is 10.8. The van der Waals surface area contributed by atoms with Gasteiger partial charge in [-0.05, 0) is 6.42 Å². The number of ether oxygens (including phenoxy) is 1. The van der Waals surface area contributed by atoms with Crippen molar-refractivity contribution in [2.75, 3.05) is 20.2 Å². The summed E-state index contributed by atoms with van der Waals surface area (Å²) in [6.45, 7) is 3.39. The molecule has 16 heavy (non-hydrogen) atoms. The van der Waals surface area contributed by atoms with Crippen LogP contribution in [0.1, 0.15) is 39.0 Å². The molecule has 0 aromatic carbocycles. The predicted molar refractivity (Wildman–Crippen MR) is 65.3 cm³/mol. The van der Waals surface area contributed by atoms with E-state index in [1.54, 1.807) is 0 Å². The average Bonchev–Trinajstić information content (AvgIpc) is 2.28. The quantitative estimate of drug-likeness (QED) is 0.282. The van der Waals surface area contributed by atoms with E-state index in [-0.39, 0.29) is 5.97 Å². The topological polar surface area (TPSA) is 76.7 Å². The Morgan fingerprint density at radius 1 is 1.38 bits per heavy atom. The molecule has 5 nitrogen and oxygen atoms in total. The van der Waals surface area contributed by atoms with E-state index in [0.717, 1.165) is 13.0 Å². The first-order valence-corrected chi connectivity index (χ1v) is 5.81. The number of nitrogens with two attached hydrogens (primary N) is 1. The number of carbonyl (C=O) groups is 1. The number of hydrogen-bond acceptors (Lipinski definition) is 3. The van der Waals surface area contributed by atoms with Gasteiger partial charge in [-0.2, -0.15) is 0 Å². The fourth-order valence-electron chi connectivity index (χ4n) is 1.19. The minimum atomic E-state index is -0.247. The van der Waals surface area contributed by atoms with Crippen LogP contribution in [0.2, 0.25) is 0 Å². The van der Waals surface area contributed by atoms with Gasteiger partial charge in [-0.3, -0.25) is 9.79 Å². The molecule has 0 saturated heterocycles. The number of aliphatic imine (C=N–C) groups is 1. The lowest BCUT2D eigenvalue weighted by molar-refractivity contribution is -0.140. The van der Waals surface area contributed by atoms with Gasteiger partial charge in [-0.15, -0.1) is 0 Å². The minimum absolute atomic E-state index is 0.247. The highest BCUT2D eigenvalue weighted by atomic mass is 16.5. The standard InChI is InChI=1S/C11H23N3O2/c1-3-4-5-6-8-13-11(12)14-9-7-10(15)16-2/h3-9H2,1-2H3,(H3,12,13,14). The molecule has 0 spiro atoms. The van der Waals surface area contributed by atoms with Crippen LogP contribution >= 0.6 is 0 Å². The van der Waals surface area contributed by atoms with Gasteiger partial charge in [0.05, 0.1) is 13.5 Å². The highest BCUT2D eigenvalue weighted by molar-refractivity contribution is 5.78. The summed E-state index contributed by atoms with van der Waals surface area (Å²) < 4.78 is 4.50. The van der Waals surface area contributed by atoms with Crippen LogP contribution in [-0.2, 0) is 9.53 Å². The van der Waals surface area contributed by atoms with Gasteiger partial charge in [0, 0.05) is 13.1 Å². The zero-order chi connectivity index (χ0) is 12.2. The van der Waals surface area contributed by atoms with E-state index < -0.39 is 0 Å². The number of methoxy groups -OCH3 is 1. The maximum absolute atomic E-state index is 10.8. The fourth-order valence-corrected chi connectivity index (χ4v) is 1.19. The van der Waals surface area contributed by atoms with E-state index in [9.17, 15) is 4.79 Å². The van der Waals surface area contributed by atoms with Crippen molar-refractivity contribution < 1.29 is 9.53 Å². The Labute approximate surface area is 97.4 Å². The molecule has 0 aromatic rings. The summed E-state index contributed by atoms with van der Waals surface area (Å²) in [7, 11) is 1.37. The van der Waals surface area contributed by atoms with Crippen molar-refractivity contribution in [1.82, 2.24) is 5.32 Å². The van der Waals surface area contributed by atoms with Crippen LogP contribution in [-0.4, -0.2) is 32.1 Å². The smallest absolute Gasteiger partial charge is 0.307 e. The Balaban J connectivity index is 3.44. The second-order valence-electron chi connectivity index (χ2n) is 3.58. The van der Waals surface area contributed by atoms with E-state index in [0.29, 0.717) is 18.9 Å². The Morgan fingerprint density at radius 3 is 2.75 bits per heavy atom. The van der Waals surface area contributed by atoms with Crippen molar-refractivity contribution in [3.05, 3.63) is 0 Å². The summed E-state index contributed by atoms with van der Waals surface area (Å²) in [6, 6.07) is 0. The van der Waals surface area contributed by atoms with Gasteiger partial charge in [0.25, 0.3) is 0 Å². The molecule has 0 unspecified atom stereocenters. The molecule has 0 aliphatic heterocycles. The van der Waals surface area contributed by atoms with Crippen molar-refractivity contribution in [3.63, 3.8) is 0 Å². The monoisotopic (exact) mass is 229 g/mol. The molecule has 0 rings (SSSR count). The molecule has 0 amide bonds. The Hall–Kier alpha value is -1.26. The molecule has 0 bridgehead atoms. The minimum Gasteiger partial charge on any atom is -0.469 e. The summed E-state index contributed by atoms with van der Waals surface area (Å²) in [6.07, 6.45) is 5.02. The molecule has 5 heteroatoms. The number of hydrogen-bond donors (Lipinski definition) is 2. The average molecular weight is 229 g/mol. The van der Waals surface area contributed by atoms with Gasteiger partial charge in [0.2, 0.25) is 0 Å². The zero-order valence-corrected chi connectivity index (χ0v) is 10.3. The fraction of sp³-hybridized carbons (Fsp3) is 0.818. The maximum Gasteiger partial charge on any atom is 0.307 e. The van der Waals surface area contributed by atoms with Gasteiger partial charge < -0.3 is 15.8 Å². The Morgan fingerprint density at radius 2 is 2.12 bits per heavy atom. The van der Waals surface area contributed by atoms with Crippen LogP contribution < -0.4 is 11.1 Å². The number of nitrogens with zero attached hydrogens (tertiary/aromatic N) is 1. The number of carbonyl (C=O) groups excluding carboxylic acids is 1. The third-order valence-corrected chi connectivity index (χ3v) is 2.16. The van der Waals surface area contributed by atoms with Crippen LogP contribution in [0, 0.1) is 0 Å². The second kappa shape index (κ2) is 10.3. The van der Waals surface area contributed by atoms with Crippen LogP contribution in [0.4, 0.5) is 0 Å². The number of guanidine groups is 1. The molecular weight excluding hydrogens is 206 g/mol. The molecule has 0 saturated carbocycles. The molecule has 0 atom stereocenters. The van der Waals surface area contributed by atoms with Crippen molar-refractivity contribution in [3.8, 4) is 0 Å². The van der Waals surface area contributed by atoms with E-state index in [4.69, 9.17) is 5.73 Å². The number of unbranched alkanes of at least 4 members (excludes halogenated alkanes) is 3. The third-order valence-electron chi connectivity index (χ3n) is 2.16. The first-order valence-electron chi connectivity index (χ1n) is 5.81. The molecule has 0 aliphatic rings. The van der Waals surface area contributed by atoms with Gasteiger partial charge in [-0.25, -0.2) is 0 Å². The summed E-state index contributed by atoms with van der Waals surface area (Å²) >= 11 is 0. The van der Waals surface area contributed by atoms with Crippen LogP contribution in [0.15, 0.2) is 4.99 Å². The van der Waals surface area contributed by atoms with Crippen molar-refractivity contribution in [2.24, 2.45) is 10.7 Å².